The summed E-state index contributed by atoms with van der Waals surface area (Å²) < 4.78 is 1.86. The third kappa shape index (κ3) is 3.43. The van der Waals surface area contributed by atoms with Gasteiger partial charge in [0.25, 0.3) is 5.69 Å². The summed E-state index contributed by atoms with van der Waals surface area (Å²) >= 11 is 5.85. The van der Waals surface area contributed by atoms with Gasteiger partial charge in [-0.05, 0) is 30.9 Å². The normalized spacial score (nSPS) is 16.8. The first-order chi connectivity index (χ1) is 11.6. The predicted molar refractivity (Wildman–Crippen MR) is 89.9 cm³/mol. The maximum absolute atomic E-state index is 11.0. The van der Waals surface area contributed by atoms with Gasteiger partial charge < -0.3 is 10.4 Å². The highest BCUT2D eigenvalue weighted by Gasteiger charge is 2.24. The summed E-state index contributed by atoms with van der Waals surface area (Å²) in [6.07, 6.45) is 4.85. The van der Waals surface area contributed by atoms with Crippen LogP contribution in [0.2, 0.25) is 5.02 Å². The number of halogens is 1. The van der Waals surface area contributed by atoms with Crippen molar-refractivity contribution in [1.82, 2.24) is 15.1 Å². The Bertz CT molecular complexity index is 747. The summed E-state index contributed by atoms with van der Waals surface area (Å²) in [6, 6.07) is 5.02. The third-order valence-electron chi connectivity index (χ3n) is 4.33. The molecule has 1 aliphatic carbocycles. The van der Waals surface area contributed by atoms with Crippen molar-refractivity contribution in [2.75, 3.05) is 6.61 Å². The number of aromatic nitrogens is 2. The van der Waals surface area contributed by atoms with Crippen LogP contribution in [0.1, 0.15) is 35.7 Å². The molecule has 3 rings (SSSR count). The summed E-state index contributed by atoms with van der Waals surface area (Å²) in [5.74, 6) is 0. The molecule has 1 aliphatic rings. The van der Waals surface area contributed by atoms with Crippen LogP contribution in [0.25, 0.3) is 0 Å². The summed E-state index contributed by atoms with van der Waals surface area (Å²) in [5, 5.41) is 28.0. The van der Waals surface area contributed by atoms with E-state index in [9.17, 15) is 10.1 Å². The highest BCUT2D eigenvalue weighted by Crippen LogP contribution is 2.30. The van der Waals surface area contributed by atoms with E-state index in [2.05, 4.69) is 10.4 Å². The largest absolute Gasteiger partial charge is 0.394 e. The third-order valence-corrected chi connectivity index (χ3v) is 4.65. The number of hydrogen-bond acceptors (Lipinski definition) is 5. The first kappa shape index (κ1) is 16.9. The zero-order valence-corrected chi connectivity index (χ0v) is 13.9. The monoisotopic (exact) mass is 350 g/mol. The van der Waals surface area contributed by atoms with Crippen molar-refractivity contribution in [3.05, 3.63) is 56.4 Å². The maximum atomic E-state index is 11.0. The van der Waals surface area contributed by atoms with E-state index in [0.29, 0.717) is 13.1 Å². The fourth-order valence-corrected chi connectivity index (χ4v) is 3.35. The molecule has 2 aromatic rings. The number of aliphatic hydroxyl groups is 1. The molecular formula is C16H19ClN4O3. The summed E-state index contributed by atoms with van der Waals surface area (Å²) in [6.45, 7) is 1.10. The molecule has 8 heteroatoms. The molecule has 2 N–H and O–H groups in total. The van der Waals surface area contributed by atoms with Gasteiger partial charge in [-0.3, -0.25) is 14.8 Å². The number of benzene rings is 1. The van der Waals surface area contributed by atoms with Crippen molar-refractivity contribution in [2.24, 2.45) is 0 Å². The van der Waals surface area contributed by atoms with Crippen molar-refractivity contribution < 1.29 is 10.0 Å². The SMILES string of the molecule is O=[N+]([O-])c1cc(CNC2CCCc3c2cnn3CCO)ccc1Cl. The molecule has 0 saturated heterocycles. The van der Waals surface area contributed by atoms with Gasteiger partial charge in [0.1, 0.15) is 5.02 Å². The number of aliphatic hydroxyl groups excluding tert-OH is 1. The molecule has 0 aliphatic heterocycles. The fraction of sp³-hybridized carbons (Fsp3) is 0.438. The highest BCUT2D eigenvalue weighted by molar-refractivity contribution is 6.32. The van der Waals surface area contributed by atoms with Crippen LogP contribution < -0.4 is 5.32 Å². The molecule has 24 heavy (non-hydrogen) atoms. The Morgan fingerprint density at radius 1 is 1.50 bits per heavy atom. The van der Waals surface area contributed by atoms with Gasteiger partial charge >= 0.3 is 0 Å². The number of nitro groups is 1. The Balaban J connectivity index is 1.72. The number of nitrogens with zero attached hydrogens (tertiary/aromatic N) is 3. The van der Waals surface area contributed by atoms with Crippen LogP contribution in [-0.2, 0) is 19.5 Å². The maximum Gasteiger partial charge on any atom is 0.288 e. The van der Waals surface area contributed by atoms with Crippen LogP contribution in [0.3, 0.4) is 0 Å². The van der Waals surface area contributed by atoms with Crippen molar-refractivity contribution in [3.8, 4) is 0 Å². The number of hydrogen-bond donors (Lipinski definition) is 2. The first-order valence-corrected chi connectivity index (χ1v) is 8.29. The van der Waals surface area contributed by atoms with Crippen molar-refractivity contribution in [3.63, 3.8) is 0 Å². The zero-order chi connectivity index (χ0) is 17.1. The zero-order valence-electron chi connectivity index (χ0n) is 13.1. The Labute approximate surface area is 144 Å². The second-order valence-electron chi connectivity index (χ2n) is 5.86. The molecule has 1 aromatic heterocycles. The summed E-state index contributed by atoms with van der Waals surface area (Å²) in [4.78, 5) is 10.5. The molecule has 0 fully saturated rings. The van der Waals surface area contributed by atoms with Gasteiger partial charge in [0.15, 0.2) is 0 Å². The molecule has 0 bridgehead atoms. The topological polar surface area (TPSA) is 93.2 Å². The van der Waals surface area contributed by atoms with E-state index in [1.165, 1.54) is 6.07 Å². The van der Waals surface area contributed by atoms with E-state index in [4.69, 9.17) is 16.7 Å². The van der Waals surface area contributed by atoms with Crippen LogP contribution in [0.4, 0.5) is 5.69 Å². The van der Waals surface area contributed by atoms with Gasteiger partial charge in [0.2, 0.25) is 0 Å². The molecule has 7 nitrogen and oxygen atoms in total. The lowest BCUT2D eigenvalue weighted by Crippen LogP contribution is -2.25. The summed E-state index contributed by atoms with van der Waals surface area (Å²) in [7, 11) is 0. The van der Waals surface area contributed by atoms with E-state index in [1.807, 2.05) is 10.9 Å². The number of rotatable bonds is 6. The molecule has 1 atom stereocenters. The van der Waals surface area contributed by atoms with E-state index in [1.54, 1.807) is 12.1 Å². The predicted octanol–water partition coefficient (Wildman–Crippen LogP) is 2.60. The molecular weight excluding hydrogens is 332 g/mol. The fourth-order valence-electron chi connectivity index (χ4n) is 3.17. The molecule has 128 valence electrons. The van der Waals surface area contributed by atoms with Crippen LogP contribution >= 0.6 is 11.6 Å². The number of nitro benzene ring substituents is 1. The first-order valence-electron chi connectivity index (χ1n) is 7.91. The lowest BCUT2D eigenvalue weighted by atomic mass is 9.93. The average Bonchev–Trinajstić information content (AvgIpc) is 2.98. The van der Waals surface area contributed by atoms with Gasteiger partial charge in [-0.2, -0.15) is 5.10 Å². The molecule has 1 heterocycles. The van der Waals surface area contributed by atoms with Crippen LogP contribution in [-0.4, -0.2) is 26.4 Å². The number of fused-ring (bicyclic) bond motifs is 1. The van der Waals surface area contributed by atoms with Crippen LogP contribution in [0, 0.1) is 10.1 Å². The molecule has 0 radical (unpaired) electrons. The van der Waals surface area contributed by atoms with Crippen LogP contribution in [0.15, 0.2) is 24.4 Å². The standard InChI is InChI=1S/C16H19ClN4O3/c17-13-5-4-11(8-16(13)21(23)24)9-18-14-2-1-3-15-12(14)10-19-20(15)6-7-22/h4-5,8,10,14,18,22H,1-3,6-7,9H2. The van der Waals surface area contributed by atoms with E-state index < -0.39 is 4.92 Å². The molecule has 1 aromatic carbocycles. The van der Waals surface area contributed by atoms with Crippen molar-refractivity contribution in [1.29, 1.82) is 0 Å². The van der Waals surface area contributed by atoms with E-state index in [-0.39, 0.29) is 23.4 Å². The molecule has 0 spiro atoms. The molecule has 1 unspecified atom stereocenters. The van der Waals surface area contributed by atoms with Gasteiger partial charge in [0, 0.05) is 29.9 Å². The Morgan fingerprint density at radius 2 is 2.33 bits per heavy atom. The lowest BCUT2D eigenvalue weighted by Gasteiger charge is -2.24. The highest BCUT2D eigenvalue weighted by atomic mass is 35.5. The number of nitrogens with one attached hydrogen (secondary N) is 1. The average molecular weight is 351 g/mol. The summed E-state index contributed by atoms with van der Waals surface area (Å²) in [5.41, 5.74) is 3.06. The smallest absolute Gasteiger partial charge is 0.288 e. The van der Waals surface area contributed by atoms with Gasteiger partial charge in [-0.15, -0.1) is 0 Å². The minimum absolute atomic E-state index is 0.0701. The molecule has 0 amide bonds. The van der Waals surface area contributed by atoms with Crippen molar-refractivity contribution >= 4 is 17.3 Å². The second kappa shape index (κ2) is 7.29. The minimum atomic E-state index is -0.469. The quantitative estimate of drug-likeness (QED) is 0.617. The Hall–Kier alpha value is -1.96. The Kier molecular flexibility index (Phi) is 5.13. The van der Waals surface area contributed by atoms with E-state index >= 15 is 0 Å². The van der Waals surface area contributed by atoms with Gasteiger partial charge in [-0.1, -0.05) is 17.7 Å². The lowest BCUT2D eigenvalue weighted by molar-refractivity contribution is -0.384. The van der Waals surface area contributed by atoms with Gasteiger partial charge in [-0.25, -0.2) is 0 Å². The van der Waals surface area contributed by atoms with Crippen molar-refractivity contribution in [2.45, 2.75) is 38.4 Å². The second-order valence-corrected chi connectivity index (χ2v) is 6.27. The van der Waals surface area contributed by atoms with Crippen LogP contribution in [0.5, 0.6) is 0 Å². The molecule has 0 saturated carbocycles. The minimum Gasteiger partial charge on any atom is -0.394 e. The van der Waals surface area contributed by atoms with Gasteiger partial charge in [0.05, 0.1) is 24.3 Å². The Morgan fingerprint density at radius 3 is 3.08 bits per heavy atom. The van der Waals surface area contributed by atoms with E-state index in [0.717, 1.165) is 36.1 Å².